The molecular weight excluding hydrogens is 412 g/mol. The van der Waals surface area contributed by atoms with Gasteiger partial charge in [0.05, 0.1) is 28.5 Å². The summed E-state index contributed by atoms with van der Waals surface area (Å²) in [6, 6.07) is 18.3. The minimum atomic E-state index is -3.75. The second-order valence-electron chi connectivity index (χ2n) is 7.09. The van der Waals surface area contributed by atoms with E-state index in [9.17, 15) is 21.9 Å². The predicted octanol–water partition coefficient (Wildman–Crippen LogP) is 2.21. The van der Waals surface area contributed by atoms with E-state index in [1.807, 2.05) is 24.3 Å². The second kappa shape index (κ2) is 7.33. The first-order valence-corrected chi connectivity index (χ1v) is 12.3. The van der Waals surface area contributed by atoms with Crippen LogP contribution in [0.2, 0.25) is 0 Å². The van der Waals surface area contributed by atoms with Gasteiger partial charge in [-0.15, -0.1) is 0 Å². The highest BCUT2D eigenvalue weighted by molar-refractivity contribution is 7.92. The molecule has 1 fully saturated rings. The Balaban J connectivity index is 1.49. The van der Waals surface area contributed by atoms with Crippen molar-refractivity contribution < 1.29 is 21.9 Å². The van der Waals surface area contributed by atoms with Crippen molar-refractivity contribution in [1.82, 2.24) is 0 Å². The number of benzene rings is 3. The molecule has 0 amide bonds. The average Bonchev–Trinajstić information content (AvgIpc) is 2.94. The SMILES string of the molecule is O=S1(=O)C[C@@H](O)[C@@H](Nc2ccc(NS(=O)(=O)c3ccc4ccccc4c3)cc2)C1. The first-order chi connectivity index (χ1) is 13.7. The fourth-order valence-corrected chi connectivity index (χ4v) is 6.20. The third kappa shape index (κ3) is 4.36. The molecule has 1 heterocycles. The Kier molecular flexibility index (Phi) is 4.97. The summed E-state index contributed by atoms with van der Waals surface area (Å²) in [5, 5.41) is 14.6. The number of fused-ring (bicyclic) bond motifs is 1. The summed E-state index contributed by atoms with van der Waals surface area (Å²) in [5.41, 5.74) is 0.975. The van der Waals surface area contributed by atoms with Gasteiger partial charge in [-0.2, -0.15) is 0 Å². The fraction of sp³-hybridized carbons (Fsp3) is 0.200. The highest BCUT2D eigenvalue weighted by atomic mass is 32.2. The van der Waals surface area contributed by atoms with Crippen molar-refractivity contribution in [3.63, 3.8) is 0 Å². The van der Waals surface area contributed by atoms with E-state index in [4.69, 9.17) is 0 Å². The highest BCUT2D eigenvalue weighted by Crippen LogP contribution is 2.23. The number of sulfone groups is 1. The van der Waals surface area contributed by atoms with Gasteiger partial charge in [-0.05, 0) is 47.2 Å². The zero-order valence-corrected chi connectivity index (χ0v) is 16.9. The van der Waals surface area contributed by atoms with E-state index < -0.39 is 32.0 Å². The zero-order valence-electron chi connectivity index (χ0n) is 15.3. The number of hydrogen-bond donors (Lipinski definition) is 3. The Labute approximate surface area is 169 Å². The third-order valence-corrected chi connectivity index (χ3v) is 7.94. The number of nitrogens with one attached hydrogen (secondary N) is 2. The lowest BCUT2D eigenvalue weighted by Gasteiger charge is -2.16. The maximum atomic E-state index is 12.7. The van der Waals surface area contributed by atoms with Gasteiger partial charge in [0, 0.05) is 11.4 Å². The third-order valence-electron chi connectivity index (χ3n) is 4.84. The molecule has 9 heteroatoms. The number of aliphatic hydroxyl groups is 1. The molecule has 0 unspecified atom stereocenters. The van der Waals surface area contributed by atoms with E-state index in [-0.39, 0.29) is 16.4 Å². The van der Waals surface area contributed by atoms with Gasteiger partial charge in [0.1, 0.15) is 0 Å². The first-order valence-electron chi connectivity index (χ1n) is 8.99. The topological polar surface area (TPSA) is 113 Å². The van der Waals surface area contributed by atoms with Crippen molar-refractivity contribution >= 4 is 42.0 Å². The van der Waals surface area contributed by atoms with E-state index in [1.54, 1.807) is 42.5 Å². The summed E-state index contributed by atoms with van der Waals surface area (Å²) in [6.07, 6.45) is -0.967. The largest absolute Gasteiger partial charge is 0.390 e. The molecule has 0 aliphatic carbocycles. The Morgan fingerprint density at radius 3 is 2.17 bits per heavy atom. The van der Waals surface area contributed by atoms with E-state index in [0.29, 0.717) is 11.4 Å². The zero-order chi connectivity index (χ0) is 20.6. The number of sulfonamides is 1. The molecule has 4 rings (SSSR count). The summed E-state index contributed by atoms with van der Waals surface area (Å²) in [7, 11) is -7.00. The van der Waals surface area contributed by atoms with Crippen LogP contribution in [0, 0.1) is 0 Å². The van der Waals surface area contributed by atoms with Crippen LogP contribution < -0.4 is 10.0 Å². The van der Waals surface area contributed by atoms with Gasteiger partial charge in [-0.3, -0.25) is 4.72 Å². The van der Waals surface area contributed by atoms with E-state index in [1.165, 1.54) is 0 Å². The molecule has 0 saturated carbocycles. The molecule has 0 spiro atoms. The first kappa shape index (κ1) is 19.7. The van der Waals surface area contributed by atoms with Crippen molar-refractivity contribution in [1.29, 1.82) is 0 Å². The molecule has 3 aromatic carbocycles. The van der Waals surface area contributed by atoms with Crippen molar-refractivity contribution in [2.75, 3.05) is 21.5 Å². The summed E-state index contributed by atoms with van der Waals surface area (Å²) in [4.78, 5) is 0.165. The number of aliphatic hydroxyl groups excluding tert-OH is 1. The van der Waals surface area contributed by atoms with Gasteiger partial charge in [-0.1, -0.05) is 30.3 Å². The summed E-state index contributed by atoms with van der Waals surface area (Å²) in [5.74, 6) is -0.390. The van der Waals surface area contributed by atoms with Crippen molar-refractivity contribution in [3.05, 3.63) is 66.7 Å². The average molecular weight is 433 g/mol. The van der Waals surface area contributed by atoms with Crippen LogP contribution in [0.25, 0.3) is 10.8 Å². The van der Waals surface area contributed by atoms with Gasteiger partial charge >= 0.3 is 0 Å². The van der Waals surface area contributed by atoms with Crippen LogP contribution in [0.1, 0.15) is 0 Å². The fourth-order valence-electron chi connectivity index (χ4n) is 3.36. The van der Waals surface area contributed by atoms with Gasteiger partial charge in [-0.25, -0.2) is 16.8 Å². The number of hydrogen-bond acceptors (Lipinski definition) is 6. The van der Waals surface area contributed by atoms with Gasteiger partial charge in [0.15, 0.2) is 9.84 Å². The second-order valence-corrected chi connectivity index (χ2v) is 10.9. The molecule has 3 aromatic rings. The highest BCUT2D eigenvalue weighted by Gasteiger charge is 2.36. The summed E-state index contributed by atoms with van der Waals surface area (Å²) >= 11 is 0. The Morgan fingerprint density at radius 1 is 0.862 bits per heavy atom. The Hall–Kier alpha value is -2.62. The van der Waals surface area contributed by atoms with E-state index >= 15 is 0 Å². The molecule has 2 atom stereocenters. The van der Waals surface area contributed by atoms with Crippen LogP contribution >= 0.6 is 0 Å². The Morgan fingerprint density at radius 2 is 1.52 bits per heavy atom. The molecule has 0 radical (unpaired) electrons. The van der Waals surface area contributed by atoms with Crippen LogP contribution in [-0.4, -0.2) is 45.6 Å². The molecule has 29 heavy (non-hydrogen) atoms. The Bertz CT molecular complexity index is 1260. The van der Waals surface area contributed by atoms with Gasteiger partial charge in [0.2, 0.25) is 0 Å². The molecule has 1 aliphatic rings. The molecule has 152 valence electrons. The maximum absolute atomic E-state index is 12.7. The standard InChI is InChI=1S/C20H20N2O5S2/c23-20-13-28(24,25)12-19(20)21-16-6-8-17(9-7-16)22-29(26,27)18-10-5-14-3-1-2-4-15(14)11-18/h1-11,19-23H,12-13H2/t19-,20+/m0/s1. The summed E-state index contributed by atoms with van der Waals surface area (Å²) < 4.78 is 51.1. The number of rotatable bonds is 5. The molecule has 0 aromatic heterocycles. The van der Waals surface area contributed by atoms with Crippen LogP contribution in [0.15, 0.2) is 71.6 Å². The maximum Gasteiger partial charge on any atom is 0.261 e. The van der Waals surface area contributed by atoms with Crippen molar-refractivity contribution in [2.24, 2.45) is 0 Å². The van der Waals surface area contributed by atoms with Gasteiger partial charge < -0.3 is 10.4 Å². The summed E-state index contributed by atoms with van der Waals surface area (Å²) in [6.45, 7) is 0. The van der Waals surface area contributed by atoms with E-state index in [2.05, 4.69) is 10.0 Å². The van der Waals surface area contributed by atoms with Crippen LogP contribution in [0.3, 0.4) is 0 Å². The van der Waals surface area contributed by atoms with E-state index in [0.717, 1.165) is 10.8 Å². The van der Waals surface area contributed by atoms with Crippen LogP contribution in [-0.2, 0) is 19.9 Å². The van der Waals surface area contributed by atoms with Gasteiger partial charge in [0.25, 0.3) is 10.0 Å². The smallest absolute Gasteiger partial charge is 0.261 e. The lowest BCUT2D eigenvalue weighted by atomic mass is 10.1. The van der Waals surface area contributed by atoms with Crippen LogP contribution in [0.5, 0.6) is 0 Å². The normalized spacial score (nSPS) is 21.1. The molecular formula is C20H20N2O5S2. The number of anilines is 2. The van der Waals surface area contributed by atoms with Crippen molar-refractivity contribution in [3.8, 4) is 0 Å². The lowest BCUT2D eigenvalue weighted by molar-refractivity contribution is 0.190. The molecule has 0 bridgehead atoms. The predicted molar refractivity (Wildman–Crippen MR) is 113 cm³/mol. The monoisotopic (exact) mass is 432 g/mol. The molecule has 3 N–H and O–H groups in total. The molecule has 1 aliphatic heterocycles. The molecule has 1 saturated heterocycles. The molecule has 7 nitrogen and oxygen atoms in total. The minimum Gasteiger partial charge on any atom is -0.390 e. The van der Waals surface area contributed by atoms with Crippen molar-refractivity contribution in [2.45, 2.75) is 17.0 Å². The van der Waals surface area contributed by atoms with Crippen LogP contribution in [0.4, 0.5) is 11.4 Å². The minimum absolute atomic E-state index is 0.134. The quantitative estimate of drug-likeness (QED) is 0.570. The lowest BCUT2D eigenvalue weighted by Crippen LogP contribution is -2.31.